The third-order valence-corrected chi connectivity index (χ3v) is 4.04. The number of methoxy groups -OCH3 is 1. The number of furan rings is 1. The molecule has 1 aliphatic heterocycles. The van der Waals surface area contributed by atoms with Crippen molar-refractivity contribution in [3.63, 3.8) is 0 Å². The highest BCUT2D eigenvalue weighted by Gasteiger charge is 2.33. The van der Waals surface area contributed by atoms with E-state index in [2.05, 4.69) is 4.99 Å². The van der Waals surface area contributed by atoms with E-state index in [4.69, 9.17) is 9.15 Å². The number of hydrogen-bond acceptors (Lipinski definition) is 4. The van der Waals surface area contributed by atoms with Crippen molar-refractivity contribution >= 4 is 23.5 Å². The molecule has 3 aromatic rings. The number of carbonyl (C=O) groups is 1. The number of carbonyl (C=O) groups excluding carboxylic acids is 1. The van der Waals surface area contributed by atoms with E-state index in [1.54, 1.807) is 36.5 Å². The fourth-order valence-corrected chi connectivity index (χ4v) is 2.85. The third kappa shape index (κ3) is 2.80. The minimum absolute atomic E-state index is 0.214. The van der Waals surface area contributed by atoms with E-state index in [1.807, 2.05) is 54.6 Å². The number of para-hydroxylation sites is 2. The van der Waals surface area contributed by atoms with Crippen LogP contribution in [0.5, 0.6) is 5.75 Å². The summed E-state index contributed by atoms with van der Waals surface area (Å²) in [6.45, 7) is 0. The quantitative estimate of drug-likeness (QED) is 0.669. The van der Waals surface area contributed by atoms with Crippen LogP contribution in [0.4, 0.5) is 5.69 Å². The summed E-state index contributed by atoms with van der Waals surface area (Å²) in [5, 5.41) is 0. The minimum Gasteiger partial charge on any atom is -0.496 e. The molecule has 2 heterocycles. The molecule has 1 amide bonds. The number of nitrogens with zero attached hydrogens (tertiary/aromatic N) is 2. The highest BCUT2D eigenvalue weighted by molar-refractivity contribution is 6.33. The first-order valence-corrected chi connectivity index (χ1v) is 8.15. The summed E-state index contributed by atoms with van der Waals surface area (Å²) in [4.78, 5) is 19.3. The van der Waals surface area contributed by atoms with E-state index in [9.17, 15) is 4.79 Å². The summed E-state index contributed by atoms with van der Waals surface area (Å²) in [6.07, 6.45) is 3.20. The second kappa shape index (κ2) is 6.72. The molecule has 26 heavy (non-hydrogen) atoms. The predicted molar refractivity (Wildman–Crippen MR) is 100 cm³/mol. The summed E-state index contributed by atoms with van der Waals surface area (Å²) >= 11 is 0. The summed E-state index contributed by atoms with van der Waals surface area (Å²) in [7, 11) is 1.60. The SMILES string of the molecule is COc1ccccc1C1=N/C(=C/c2ccco2)C(=O)N1c1ccccc1. The molecule has 0 spiro atoms. The third-order valence-electron chi connectivity index (χ3n) is 4.04. The number of amides is 1. The molecule has 5 heteroatoms. The first-order chi connectivity index (χ1) is 12.8. The molecule has 0 bridgehead atoms. The summed E-state index contributed by atoms with van der Waals surface area (Å²) < 4.78 is 10.8. The van der Waals surface area contributed by atoms with Gasteiger partial charge in [-0.1, -0.05) is 30.3 Å². The smallest absolute Gasteiger partial charge is 0.282 e. The lowest BCUT2D eigenvalue weighted by atomic mass is 10.1. The maximum absolute atomic E-state index is 13.1. The zero-order valence-corrected chi connectivity index (χ0v) is 14.1. The lowest BCUT2D eigenvalue weighted by molar-refractivity contribution is -0.113. The lowest BCUT2D eigenvalue weighted by Gasteiger charge is -2.19. The molecule has 128 valence electrons. The van der Waals surface area contributed by atoms with Gasteiger partial charge in [-0.05, 0) is 36.4 Å². The molecular formula is C21H16N2O3. The maximum atomic E-state index is 13.1. The average molecular weight is 344 g/mol. The Bertz CT molecular complexity index is 989. The van der Waals surface area contributed by atoms with Crippen LogP contribution in [0.1, 0.15) is 11.3 Å². The Labute approximate surface area is 150 Å². The van der Waals surface area contributed by atoms with Crippen LogP contribution in [0, 0.1) is 0 Å². The molecule has 1 aromatic heterocycles. The Morgan fingerprint density at radius 3 is 2.50 bits per heavy atom. The van der Waals surface area contributed by atoms with Crippen molar-refractivity contribution < 1.29 is 13.9 Å². The molecule has 0 N–H and O–H groups in total. The highest BCUT2D eigenvalue weighted by atomic mass is 16.5. The number of benzene rings is 2. The molecule has 0 unspecified atom stereocenters. The Kier molecular flexibility index (Phi) is 4.11. The minimum atomic E-state index is -0.214. The van der Waals surface area contributed by atoms with Crippen LogP contribution >= 0.6 is 0 Å². The number of ether oxygens (including phenoxy) is 1. The average Bonchev–Trinajstić information content (AvgIpc) is 3.31. The molecule has 0 radical (unpaired) electrons. The van der Waals surface area contributed by atoms with Crippen LogP contribution in [0.15, 0.2) is 88.1 Å². The van der Waals surface area contributed by atoms with Gasteiger partial charge in [-0.25, -0.2) is 4.99 Å². The number of aliphatic imine (C=N–C) groups is 1. The number of hydrogen-bond donors (Lipinski definition) is 0. The first-order valence-electron chi connectivity index (χ1n) is 8.15. The molecule has 2 aromatic carbocycles. The van der Waals surface area contributed by atoms with Crippen molar-refractivity contribution in [1.82, 2.24) is 0 Å². The van der Waals surface area contributed by atoms with Gasteiger partial charge >= 0.3 is 0 Å². The van der Waals surface area contributed by atoms with Gasteiger partial charge in [0.1, 0.15) is 17.2 Å². The highest BCUT2D eigenvalue weighted by Crippen LogP contribution is 2.30. The zero-order chi connectivity index (χ0) is 17.9. The van der Waals surface area contributed by atoms with E-state index in [1.165, 1.54) is 0 Å². The fourth-order valence-electron chi connectivity index (χ4n) is 2.85. The molecule has 0 saturated carbocycles. The lowest BCUT2D eigenvalue weighted by Crippen LogP contribution is -2.32. The fraction of sp³-hybridized carbons (Fsp3) is 0.0476. The van der Waals surface area contributed by atoms with Gasteiger partial charge in [0.15, 0.2) is 5.84 Å². The molecular weight excluding hydrogens is 328 g/mol. The normalized spacial score (nSPS) is 15.4. The van der Waals surface area contributed by atoms with Gasteiger partial charge in [-0.15, -0.1) is 0 Å². The molecule has 0 saturated heterocycles. The van der Waals surface area contributed by atoms with Gasteiger partial charge in [0.25, 0.3) is 5.91 Å². The Hall–Kier alpha value is -3.60. The van der Waals surface area contributed by atoms with Crippen LogP contribution < -0.4 is 9.64 Å². The second-order valence-electron chi connectivity index (χ2n) is 5.66. The molecule has 0 fully saturated rings. The standard InChI is InChI=1S/C21H16N2O3/c1-25-19-12-6-5-11-17(19)20-22-18(14-16-10-7-13-26-16)21(24)23(20)15-8-3-2-4-9-15/h2-14H,1H3/b18-14+. The number of rotatable bonds is 4. The van der Waals surface area contributed by atoms with Gasteiger partial charge in [0.2, 0.25) is 0 Å². The molecule has 5 nitrogen and oxygen atoms in total. The molecule has 0 atom stereocenters. The van der Waals surface area contributed by atoms with E-state index in [0.29, 0.717) is 23.0 Å². The topological polar surface area (TPSA) is 55.0 Å². The van der Waals surface area contributed by atoms with Gasteiger partial charge in [0, 0.05) is 6.08 Å². The van der Waals surface area contributed by atoms with Gasteiger partial charge in [-0.3, -0.25) is 9.69 Å². The summed E-state index contributed by atoms with van der Waals surface area (Å²) in [5.74, 6) is 1.54. The van der Waals surface area contributed by atoms with E-state index in [-0.39, 0.29) is 5.91 Å². The summed E-state index contributed by atoms with van der Waals surface area (Å²) in [6, 6.07) is 20.5. The van der Waals surface area contributed by atoms with Gasteiger partial charge in [0.05, 0.1) is 24.6 Å². The molecule has 1 aliphatic rings. The van der Waals surface area contributed by atoms with Crippen molar-refractivity contribution in [3.8, 4) is 5.75 Å². The monoisotopic (exact) mass is 344 g/mol. The van der Waals surface area contributed by atoms with Crippen LogP contribution in [-0.2, 0) is 4.79 Å². The largest absolute Gasteiger partial charge is 0.496 e. The second-order valence-corrected chi connectivity index (χ2v) is 5.66. The van der Waals surface area contributed by atoms with Crippen LogP contribution in [0.25, 0.3) is 6.08 Å². The Balaban J connectivity index is 1.87. The number of anilines is 1. The van der Waals surface area contributed by atoms with Crippen LogP contribution in [0.2, 0.25) is 0 Å². The van der Waals surface area contributed by atoms with Crippen molar-refractivity contribution in [2.75, 3.05) is 12.0 Å². The Morgan fingerprint density at radius 2 is 1.77 bits per heavy atom. The van der Waals surface area contributed by atoms with Crippen LogP contribution in [-0.4, -0.2) is 18.9 Å². The van der Waals surface area contributed by atoms with Crippen LogP contribution in [0.3, 0.4) is 0 Å². The summed E-state index contributed by atoms with van der Waals surface area (Å²) in [5.41, 5.74) is 1.80. The van der Waals surface area contributed by atoms with E-state index >= 15 is 0 Å². The zero-order valence-electron chi connectivity index (χ0n) is 14.1. The van der Waals surface area contributed by atoms with E-state index in [0.717, 1.165) is 11.3 Å². The molecule has 4 rings (SSSR count). The van der Waals surface area contributed by atoms with Crippen molar-refractivity contribution in [2.24, 2.45) is 4.99 Å². The van der Waals surface area contributed by atoms with E-state index < -0.39 is 0 Å². The van der Waals surface area contributed by atoms with Crippen molar-refractivity contribution in [3.05, 3.63) is 90.0 Å². The van der Waals surface area contributed by atoms with Crippen molar-refractivity contribution in [2.45, 2.75) is 0 Å². The van der Waals surface area contributed by atoms with Gasteiger partial charge < -0.3 is 9.15 Å². The maximum Gasteiger partial charge on any atom is 0.282 e. The predicted octanol–water partition coefficient (Wildman–Crippen LogP) is 4.12. The van der Waals surface area contributed by atoms with Gasteiger partial charge in [-0.2, -0.15) is 0 Å². The van der Waals surface area contributed by atoms with Crippen molar-refractivity contribution in [1.29, 1.82) is 0 Å². The Morgan fingerprint density at radius 1 is 1.00 bits per heavy atom. The molecule has 0 aliphatic carbocycles. The first kappa shape index (κ1) is 15.9. The number of amidine groups is 1.